The lowest BCUT2D eigenvalue weighted by atomic mass is 10.1. The molecule has 1 heterocycles. The van der Waals surface area contributed by atoms with Crippen molar-refractivity contribution in [3.8, 4) is 11.6 Å². The predicted octanol–water partition coefficient (Wildman–Crippen LogP) is 2.98. The number of benzene rings is 1. The van der Waals surface area contributed by atoms with Gasteiger partial charge >= 0.3 is 0 Å². The molecule has 0 saturated carbocycles. The smallest absolute Gasteiger partial charge is 0.265 e. The maximum Gasteiger partial charge on any atom is 0.265 e. The second kappa shape index (κ2) is 6.69. The highest BCUT2D eigenvalue weighted by Crippen LogP contribution is 2.26. The van der Waals surface area contributed by atoms with Gasteiger partial charge in [0.25, 0.3) is 5.91 Å². The number of fused-ring (bicyclic) bond motifs is 1. The van der Waals surface area contributed by atoms with Gasteiger partial charge in [0.15, 0.2) is 6.10 Å². The number of nitrogens with one attached hydrogen (secondary N) is 1. The van der Waals surface area contributed by atoms with Crippen LogP contribution in [0.5, 0.6) is 11.6 Å². The summed E-state index contributed by atoms with van der Waals surface area (Å²) in [6.07, 6.45) is 4.38. The summed E-state index contributed by atoms with van der Waals surface area (Å²) < 4.78 is 10.7. The molecule has 0 aliphatic heterocycles. The van der Waals surface area contributed by atoms with Crippen LogP contribution in [0.4, 0.5) is 5.69 Å². The highest BCUT2D eigenvalue weighted by atomic mass is 16.5. The topological polar surface area (TPSA) is 60.5 Å². The minimum absolute atomic E-state index is 0.211. The Bertz CT molecular complexity index is 698. The van der Waals surface area contributed by atoms with Crippen LogP contribution in [0.2, 0.25) is 0 Å². The van der Waals surface area contributed by atoms with Crippen molar-refractivity contribution in [1.82, 2.24) is 4.98 Å². The average Bonchev–Trinajstić information content (AvgIpc) is 3.03. The molecule has 1 amide bonds. The van der Waals surface area contributed by atoms with Crippen molar-refractivity contribution in [3.63, 3.8) is 0 Å². The van der Waals surface area contributed by atoms with Crippen molar-refractivity contribution >= 4 is 11.6 Å². The molecule has 1 aromatic carbocycles. The van der Waals surface area contributed by atoms with Gasteiger partial charge in [-0.3, -0.25) is 4.79 Å². The number of ether oxygens (including phenoxy) is 2. The molecular weight excluding hydrogens is 292 g/mol. The maximum atomic E-state index is 12.2. The number of aromatic nitrogens is 1. The molecule has 23 heavy (non-hydrogen) atoms. The molecule has 0 bridgehead atoms. The number of methoxy groups -OCH3 is 1. The highest BCUT2D eigenvalue weighted by molar-refractivity contribution is 5.93. The third-order valence-electron chi connectivity index (χ3n) is 3.97. The number of rotatable bonds is 5. The Balaban J connectivity index is 1.60. The number of hydrogen-bond acceptors (Lipinski definition) is 4. The summed E-state index contributed by atoms with van der Waals surface area (Å²) in [5.74, 6) is 1.03. The number of hydrogen-bond donors (Lipinski definition) is 1. The number of aryl methyl sites for hydroxylation is 2. The number of amides is 1. The zero-order valence-electron chi connectivity index (χ0n) is 13.3. The molecule has 2 aromatic rings. The van der Waals surface area contributed by atoms with Gasteiger partial charge < -0.3 is 14.8 Å². The van der Waals surface area contributed by atoms with Crippen molar-refractivity contribution < 1.29 is 14.3 Å². The molecule has 0 fully saturated rings. The molecule has 1 atom stereocenters. The van der Waals surface area contributed by atoms with Gasteiger partial charge in [-0.05, 0) is 55.5 Å². The SMILES string of the molecule is COc1ccc(NC(=O)[C@H](C)Oc2ccc3c(c2)CCC3)cn1. The van der Waals surface area contributed by atoms with Gasteiger partial charge in [-0.25, -0.2) is 4.98 Å². The van der Waals surface area contributed by atoms with Crippen LogP contribution < -0.4 is 14.8 Å². The summed E-state index contributed by atoms with van der Waals surface area (Å²) >= 11 is 0. The van der Waals surface area contributed by atoms with Crippen LogP contribution in [0.25, 0.3) is 0 Å². The Labute approximate surface area is 135 Å². The van der Waals surface area contributed by atoms with Crippen LogP contribution in [-0.4, -0.2) is 24.1 Å². The van der Waals surface area contributed by atoms with Crippen LogP contribution >= 0.6 is 0 Å². The van der Waals surface area contributed by atoms with Crippen molar-refractivity contribution in [2.45, 2.75) is 32.3 Å². The molecule has 0 radical (unpaired) electrons. The van der Waals surface area contributed by atoms with Crippen molar-refractivity contribution in [1.29, 1.82) is 0 Å². The van der Waals surface area contributed by atoms with E-state index in [2.05, 4.69) is 16.4 Å². The Morgan fingerprint density at radius 3 is 2.78 bits per heavy atom. The van der Waals surface area contributed by atoms with Gasteiger partial charge in [-0.1, -0.05) is 6.07 Å². The second-order valence-electron chi connectivity index (χ2n) is 5.62. The van der Waals surface area contributed by atoms with E-state index in [9.17, 15) is 4.79 Å². The van der Waals surface area contributed by atoms with Gasteiger partial charge in [-0.15, -0.1) is 0 Å². The summed E-state index contributed by atoms with van der Waals surface area (Å²) in [6.45, 7) is 1.74. The van der Waals surface area contributed by atoms with E-state index in [4.69, 9.17) is 9.47 Å². The maximum absolute atomic E-state index is 12.2. The lowest BCUT2D eigenvalue weighted by Crippen LogP contribution is -2.30. The molecule has 1 aromatic heterocycles. The minimum Gasteiger partial charge on any atom is -0.481 e. The quantitative estimate of drug-likeness (QED) is 0.922. The minimum atomic E-state index is -0.587. The van der Waals surface area contributed by atoms with Crippen molar-refractivity contribution in [3.05, 3.63) is 47.7 Å². The molecular formula is C18H20N2O3. The monoisotopic (exact) mass is 312 g/mol. The van der Waals surface area contributed by atoms with Crippen LogP contribution in [0.15, 0.2) is 36.5 Å². The van der Waals surface area contributed by atoms with E-state index in [-0.39, 0.29) is 5.91 Å². The molecule has 1 N–H and O–H groups in total. The largest absolute Gasteiger partial charge is 0.481 e. The number of nitrogens with zero attached hydrogens (tertiary/aromatic N) is 1. The van der Waals surface area contributed by atoms with Crippen LogP contribution in [-0.2, 0) is 17.6 Å². The summed E-state index contributed by atoms with van der Waals surface area (Å²) in [5.41, 5.74) is 3.33. The highest BCUT2D eigenvalue weighted by Gasteiger charge is 2.17. The van der Waals surface area contributed by atoms with Gasteiger partial charge in [0, 0.05) is 6.07 Å². The molecule has 120 valence electrons. The van der Waals surface area contributed by atoms with E-state index >= 15 is 0 Å². The van der Waals surface area contributed by atoms with Gasteiger partial charge in [0.05, 0.1) is 19.0 Å². The summed E-state index contributed by atoms with van der Waals surface area (Å²) in [7, 11) is 1.55. The van der Waals surface area contributed by atoms with E-state index in [1.807, 2.05) is 12.1 Å². The Kier molecular flexibility index (Phi) is 4.46. The summed E-state index contributed by atoms with van der Waals surface area (Å²) in [5, 5.41) is 2.78. The first kappa shape index (κ1) is 15.3. The van der Waals surface area contributed by atoms with Gasteiger partial charge in [0.2, 0.25) is 5.88 Å². The zero-order chi connectivity index (χ0) is 16.2. The van der Waals surface area contributed by atoms with Crippen molar-refractivity contribution in [2.24, 2.45) is 0 Å². The first-order valence-corrected chi connectivity index (χ1v) is 7.75. The Morgan fingerprint density at radius 1 is 1.22 bits per heavy atom. The molecule has 5 nitrogen and oxygen atoms in total. The molecule has 1 aliphatic carbocycles. The van der Waals surface area contributed by atoms with Crippen LogP contribution in [0.3, 0.4) is 0 Å². The standard InChI is InChI=1S/C18H20N2O3/c1-12(18(21)20-15-7-9-17(22-2)19-11-15)23-16-8-6-13-4-3-5-14(13)10-16/h6-12H,3-5H2,1-2H3,(H,20,21)/t12-/m0/s1. The zero-order valence-corrected chi connectivity index (χ0v) is 13.3. The van der Waals surface area contributed by atoms with E-state index in [1.54, 1.807) is 32.4 Å². The number of pyridine rings is 1. The van der Waals surface area contributed by atoms with E-state index in [1.165, 1.54) is 17.5 Å². The molecule has 1 aliphatic rings. The van der Waals surface area contributed by atoms with Crippen molar-refractivity contribution in [2.75, 3.05) is 12.4 Å². The molecule has 0 saturated heterocycles. The first-order valence-electron chi connectivity index (χ1n) is 7.75. The fourth-order valence-corrected chi connectivity index (χ4v) is 2.70. The third kappa shape index (κ3) is 3.62. The van der Waals surface area contributed by atoms with Crippen LogP contribution in [0, 0.1) is 0 Å². The number of carbonyl (C=O) groups is 1. The third-order valence-corrected chi connectivity index (χ3v) is 3.97. The lowest BCUT2D eigenvalue weighted by Gasteiger charge is -2.15. The molecule has 5 heteroatoms. The fourth-order valence-electron chi connectivity index (χ4n) is 2.70. The lowest BCUT2D eigenvalue weighted by molar-refractivity contribution is -0.122. The summed E-state index contributed by atoms with van der Waals surface area (Å²) in [4.78, 5) is 16.3. The first-order chi connectivity index (χ1) is 11.2. The van der Waals surface area contributed by atoms with Gasteiger partial charge in [0.1, 0.15) is 5.75 Å². The van der Waals surface area contributed by atoms with E-state index < -0.39 is 6.10 Å². The van der Waals surface area contributed by atoms with E-state index in [0.717, 1.165) is 18.6 Å². The Hall–Kier alpha value is -2.56. The molecule has 3 rings (SSSR count). The average molecular weight is 312 g/mol. The number of carbonyl (C=O) groups excluding carboxylic acids is 1. The predicted molar refractivity (Wildman–Crippen MR) is 88.0 cm³/mol. The van der Waals surface area contributed by atoms with E-state index in [0.29, 0.717) is 11.6 Å². The van der Waals surface area contributed by atoms with Crippen LogP contribution in [0.1, 0.15) is 24.5 Å². The normalized spacial score (nSPS) is 14.0. The number of anilines is 1. The van der Waals surface area contributed by atoms with Gasteiger partial charge in [-0.2, -0.15) is 0 Å². The molecule has 0 unspecified atom stereocenters. The Morgan fingerprint density at radius 2 is 2.04 bits per heavy atom. The fraction of sp³-hybridized carbons (Fsp3) is 0.333. The summed E-state index contributed by atoms with van der Waals surface area (Å²) in [6, 6.07) is 9.51. The molecule has 0 spiro atoms. The second-order valence-corrected chi connectivity index (χ2v) is 5.62.